The first kappa shape index (κ1) is 22.4. The van der Waals surface area contributed by atoms with Crippen molar-refractivity contribution in [1.29, 1.82) is 0 Å². The Morgan fingerprint density at radius 1 is 0.844 bits per heavy atom. The van der Waals surface area contributed by atoms with Crippen LogP contribution in [0.1, 0.15) is 54.4 Å². The third kappa shape index (κ3) is 6.12. The lowest BCUT2D eigenvalue weighted by atomic mass is 9.87. The Balaban J connectivity index is 1.24. The van der Waals surface area contributed by atoms with Gasteiger partial charge in [-0.3, -0.25) is 9.59 Å². The minimum Gasteiger partial charge on any atom is -0.494 e. The molecule has 5 nitrogen and oxygen atoms in total. The first-order valence-corrected chi connectivity index (χ1v) is 12.0. The summed E-state index contributed by atoms with van der Waals surface area (Å²) in [5.41, 5.74) is 1.68. The summed E-state index contributed by atoms with van der Waals surface area (Å²) < 4.78 is 5.97. The maximum Gasteiger partial charge on any atom is 0.254 e. The van der Waals surface area contributed by atoms with Gasteiger partial charge in [0.05, 0.1) is 13.0 Å². The molecule has 5 heteroatoms. The number of piperazine rings is 1. The maximum absolute atomic E-state index is 13.0. The second-order valence-electron chi connectivity index (χ2n) is 9.00. The highest BCUT2D eigenvalue weighted by Gasteiger charge is 2.25. The summed E-state index contributed by atoms with van der Waals surface area (Å²) in [6.07, 6.45) is 8.21. The molecular formula is C27H34N2O3. The van der Waals surface area contributed by atoms with E-state index in [-0.39, 0.29) is 11.8 Å². The van der Waals surface area contributed by atoms with Crippen LogP contribution in [-0.4, -0.2) is 54.4 Å². The summed E-state index contributed by atoms with van der Waals surface area (Å²) in [6, 6.07) is 17.3. The lowest BCUT2D eigenvalue weighted by Crippen LogP contribution is -2.51. The largest absolute Gasteiger partial charge is 0.494 e. The first-order chi connectivity index (χ1) is 15.7. The van der Waals surface area contributed by atoms with Gasteiger partial charge in [0.1, 0.15) is 5.75 Å². The molecule has 170 valence electrons. The van der Waals surface area contributed by atoms with Gasteiger partial charge in [-0.2, -0.15) is 0 Å². The smallest absolute Gasteiger partial charge is 0.254 e. The van der Waals surface area contributed by atoms with E-state index in [1.165, 1.54) is 32.1 Å². The summed E-state index contributed by atoms with van der Waals surface area (Å²) in [5.74, 6) is 1.69. The number of ether oxygens (including phenoxy) is 1. The van der Waals surface area contributed by atoms with Crippen LogP contribution in [0.5, 0.6) is 5.75 Å². The lowest BCUT2D eigenvalue weighted by Gasteiger charge is -2.35. The van der Waals surface area contributed by atoms with Crippen molar-refractivity contribution in [1.82, 2.24) is 9.80 Å². The molecule has 1 aliphatic heterocycles. The van der Waals surface area contributed by atoms with Crippen LogP contribution in [0.15, 0.2) is 54.6 Å². The Bertz CT molecular complexity index is 885. The summed E-state index contributed by atoms with van der Waals surface area (Å²) >= 11 is 0. The Labute approximate surface area is 191 Å². The number of hydrogen-bond acceptors (Lipinski definition) is 3. The van der Waals surface area contributed by atoms with Gasteiger partial charge in [-0.15, -0.1) is 0 Å². The molecule has 2 amide bonds. The SMILES string of the molecule is O=C(Cc1ccccc1)N1CCN(C(=O)c2cccc(OCCC3CCCCC3)c2)CC1. The van der Waals surface area contributed by atoms with E-state index < -0.39 is 0 Å². The van der Waals surface area contributed by atoms with Gasteiger partial charge in [-0.1, -0.05) is 68.5 Å². The van der Waals surface area contributed by atoms with E-state index in [4.69, 9.17) is 4.74 Å². The van der Waals surface area contributed by atoms with Crippen LogP contribution < -0.4 is 4.74 Å². The average molecular weight is 435 g/mol. The molecule has 1 aliphatic carbocycles. The molecule has 0 bridgehead atoms. The number of amides is 2. The van der Waals surface area contributed by atoms with Crippen LogP contribution >= 0.6 is 0 Å². The Morgan fingerprint density at radius 3 is 2.31 bits per heavy atom. The highest BCUT2D eigenvalue weighted by molar-refractivity contribution is 5.94. The normalized spacial score (nSPS) is 17.2. The van der Waals surface area contributed by atoms with Gasteiger partial charge < -0.3 is 14.5 Å². The molecule has 2 fully saturated rings. The zero-order valence-electron chi connectivity index (χ0n) is 18.9. The van der Waals surface area contributed by atoms with Crippen LogP contribution in [-0.2, 0) is 11.2 Å². The zero-order chi connectivity index (χ0) is 22.2. The fourth-order valence-corrected chi connectivity index (χ4v) is 4.76. The monoisotopic (exact) mass is 434 g/mol. The van der Waals surface area contributed by atoms with Gasteiger partial charge in [0.2, 0.25) is 5.91 Å². The number of rotatable bonds is 7. The van der Waals surface area contributed by atoms with Crippen LogP contribution in [0, 0.1) is 5.92 Å². The van der Waals surface area contributed by atoms with Crippen LogP contribution in [0.3, 0.4) is 0 Å². The molecule has 2 aromatic rings. The maximum atomic E-state index is 13.0. The molecule has 1 saturated heterocycles. The van der Waals surface area contributed by atoms with Gasteiger partial charge >= 0.3 is 0 Å². The highest BCUT2D eigenvalue weighted by atomic mass is 16.5. The predicted octanol–water partition coefficient (Wildman–Crippen LogP) is 4.56. The molecule has 1 saturated carbocycles. The quantitative estimate of drug-likeness (QED) is 0.642. The van der Waals surface area contributed by atoms with E-state index in [1.807, 2.05) is 64.4 Å². The van der Waals surface area contributed by atoms with Gasteiger partial charge in [-0.05, 0) is 36.1 Å². The number of carbonyl (C=O) groups is 2. The molecule has 32 heavy (non-hydrogen) atoms. The van der Waals surface area contributed by atoms with Crippen molar-refractivity contribution in [3.8, 4) is 5.75 Å². The summed E-state index contributed by atoms with van der Waals surface area (Å²) in [5, 5.41) is 0. The van der Waals surface area contributed by atoms with Gasteiger partial charge in [0, 0.05) is 31.7 Å². The third-order valence-corrected chi connectivity index (χ3v) is 6.72. The van der Waals surface area contributed by atoms with Crippen molar-refractivity contribution < 1.29 is 14.3 Å². The molecule has 0 N–H and O–H groups in total. The van der Waals surface area contributed by atoms with E-state index in [9.17, 15) is 9.59 Å². The Kier molecular flexibility index (Phi) is 7.81. The second kappa shape index (κ2) is 11.2. The summed E-state index contributed by atoms with van der Waals surface area (Å²) in [7, 11) is 0. The highest BCUT2D eigenvalue weighted by Crippen LogP contribution is 2.26. The number of nitrogens with zero attached hydrogens (tertiary/aromatic N) is 2. The topological polar surface area (TPSA) is 49.9 Å². The molecule has 0 unspecified atom stereocenters. The van der Waals surface area contributed by atoms with Gasteiger partial charge in [0.15, 0.2) is 0 Å². The predicted molar refractivity (Wildman–Crippen MR) is 126 cm³/mol. The zero-order valence-corrected chi connectivity index (χ0v) is 18.9. The van der Waals surface area contributed by atoms with Crippen LogP contribution in [0.2, 0.25) is 0 Å². The third-order valence-electron chi connectivity index (χ3n) is 6.72. The van der Waals surface area contributed by atoms with Crippen molar-refractivity contribution in [3.63, 3.8) is 0 Å². The summed E-state index contributed by atoms with van der Waals surface area (Å²) in [4.78, 5) is 29.3. The van der Waals surface area contributed by atoms with E-state index >= 15 is 0 Å². The summed E-state index contributed by atoms with van der Waals surface area (Å²) in [6.45, 7) is 2.99. The molecule has 2 aromatic carbocycles. The Morgan fingerprint density at radius 2 is 1.56 bits per heavy atom. The van der Waals surface area contributed by atoms with Crippen molar-refractivity contribution in [3.05, 3.63) is 65.7 Å². The first-order valence-electron chi connectivity index (χ1n) is 12.0. The molecule has 4 rings (SSSR count). The van der Waals surface area contributed by atoms with Crippen molar-refractivity contribution in [2.45, 2.75) is 44.9 Å². The molecule has 0 atom stereocenters. The standard InChI is InChI=1S/C27H34N2O3/c30-26(20-23-10-5-2-6-11-23)28-15-17-29(18-16-28)27(31)24-12-7-13-25(21-24)32-19-14-22-8-3-1-4-9-22/h2,5-7,10-13,21-22H,1,3-4,8-9,14-20H2. The molecule has 1 heterocycles. The van der Waals surface area contributed by atoms with E-state index in [2.05, 4.69) is 0 Å². The van der Waals surface area contributed by atoms with Crippen molar-refractivity contribution in [2.24, 2.45) is 5.92 Å². The second-order valence-corrected chi connectivity index (χ2v) is 9.00. The van der Waals surface area contributed by atoms with E-state index in [1.54, 1.807) is 0 Å². The molecule has 2 aliphatic rings. The fourth-order valence-electron chi connectivity index (χ4n) is 4.76. The molecule has 0 radical (unpaired) electrons. The molecule has 0 spiro atoms. The molecule has 0 aromatic heterocycles. The van der Waals surface area contributed by atoms with Gasteiger partial charge in [-0.25, -0.2) is 0 Å². The number of hydrogen-bond donors (Lipinski definition) is 0. The van der Waals surface area contributed by atoms with Crippen LogP contribution in [0.4, 0.5) is 0 Å². The van der Waals surface area contributed by atoms with E-state index in [0.717, 1.165) is 23.7 Å². The van der Waals surface area contributed by atoms with Crippen molar-refractivity contribution >= 4 is 11.8 Å². The van der Waals surface area contributed by atoms with E-state index in [0.29, 0.717) is 44.8 Å². The average Bonchev–Trinajstić information content (AvgIpc) is 2.85. The number of benzene rings is 2. The Hall–Kier alpha value is -2.82. The van der Waals surface area contributed by atoms with Crippen LogP contribution in [0.25, 0.3) is 0 Å². The lowest BCUT2D eigenvalue weighted by molar-refractivity contribution is -0.131. The fraction of sp³-hybridized carbons (Fsp3) is 0.481. The number of carbonyl (C=O) groups excluding carboxylic acids is 2. The molecular weight excluding hydrogens is 400 g/mol. The minimum atomic E-state index is 0.0119. The minimum absolute atomic E-state index is 0.0119. The van der Waals surface area contributed by atoms with Gasteiger partial charge in [0.25, 0.3) is 5.91 Å². The van der Waals surface area contributed by atoms with Crippen molar-refractivity contribution in [2.75, 3.05) is 32.8 Å².